The van der Waals surface area contributed by atoms with Crippen LogP contribution in [0, 0.1) is 0 Å². The van der Waals surface area contributed by atoms with Gasteiger partial charge in [0.15, 0.2) is 0 Å². The van der Waals surface area contributed by atoms with E-state index in [1.165, 1.54) is 0 Å². The van der Waals surface area contributed by atoms with Crippen molar-refractivity contribution in [1.29, 1.82) is 0 Å². The SMILES string of the molecule is O.O=CNCCO. The van der Waals surface area contributed by atoms with Gasteiger partial charge in [0.05, 0.1) is 6.61 Å². The molecular formula is C3H9NO3. The highest BCUT2D eigenvalue weighted by Gasteiger charge is 1.70. The maximum atomic E-state index is 9.34. The lowest BCUT2D eigenvalue weighted by atomic mass is 10.7. The molecule has 0 heterocycles. The van der Waals surface area contributed by atoms with Crippen molar-refractivity contribution in [2.45, 2.75) is 0 Å². The van der Waals surface area contributed by atoms with Gasteiger partial charge >= 0.3 is 0 Å². The molecule has 0 atom stereocenters. The van der Waals surface area contributed by atoms with Crippen molar-refractivity contribution in [3.8, 4) is 0 Å². The molecule has 7 heavy (non-hydrogen) atoms. The Balaban J connectivity index is 0. The summed E-state index contributed by atoms with van der Waals surface area (Å²) in [5.41, 5.74) is 0. The van der Waals surface area contributed by atoms with Crippen LogP contribution in [0.25, 0.3) is 0 Å². The summed E-state index contributed by atoms with van der Waals surface area (Å²) >= 11 is 0. The fraction of sp³-hybridized carbons (Fsp3) is 0.667. The molecule has 4 heteroatoms. The zero-order chi connectivity index (χ0) is 4.83. The van der Waals surface area contributed by atoms with E-state index >= 15 is 0 Å². The van der Waals surface area contributed by atoms with Crippen molar-refractivity contribution in [3.63, 3.8) is 0 Å². The summed E-state index contributed by atoms with van der Waals surface area (Å²) in [5, 5.41) is 10.2. The zero-order valence-corrected chi connectivity index (χ0v) is 3.85. The molecule has 0 aromatic carbocycles. The number of amides is 1. The predicted molar refractivity (Wildman–Crippen MR) is 24.8 cm³/mol. The van der Waals surface area contributed by atoms with Gasteiger partial charge in [-0.2, -0.15) is 0 Å². The smallest absolute Gasteiger partial charge is 0.207 e. The minimum Gasteiger partial charge on any atom is -0.412 e. The average molecular weight is 107 g/mol. The fourth-order valence-electron chi connectivity index (χ4n) is 0.123. The Morgan fingerprint density at radius 2 is 2.29 bits per heavy atom. The van der Waals surface area contributed by atoms with Crippen LogP contribution in [0.4, 0.5) is 0 Å². The molecule has 0 spiro atoms. The number of hydrogen-bond acceptors (Lipinski definition) is 2. The number of hydrogen-bond donors (Lipinski definition) is 2. The first-order valence-electron chi connectivity index (χ1n) is 1.69. The van der Waals surface area contributed by atoms with Gasteiger partial charge in [0.25, 0.3) is 0 Å². The summed E-state index contributed by atoms with van der Waals surface area (Å²) in [5.74, 6) is 0. The molecule has 0 aliphatic heterocycles. The normalized spacial score (nSPS) is 6.43. The van der Waals surface area contributed by atoms with E-state index in [1.54, 1.807) is 0 Å². The van der Waals surface area contributed by atoms with Gasteiger partial charge in [-0.15, -0.1) is 0 Å². The summed E-state index contributed by atoms with van der Waals surface area (Å²) in [7, 11) is 0. The second-order valence-electron chi connectivity index (χ2n) is 0.796. The molecule has 0 fully saturated rings. The molecule has 0 aromatic heterocycles. The van der Waals surface area contributed by atoms with Gasteiger partial charge < -0.3 is 15.9 Å². The van der Waals surface area contributed by atoms with Gasteiger partial charge in [-0.3, -0.25) is 4.79 Å². The van der Waals surface area contributed by atoms with Crippen LogP contribution in [0.3, 0.4) is 0 Å². The number of carbonyl (C=O) groups is 1. The van der Waals surface area contributed by atoms with Crippen LogP contribution in [0.2, 0.25) is 0 Å². The molecule has 1 amide bonds. The lowest BCUT2D eigenvalue weighted by Crippen LogP contribution is -2.14. The predicted octanol–water partition coefficient (Wildman–Crippen LogP) is -2.10. The second kappa shape index (κ2) is 9.04. The Morgan fingerprint density at radius 3 is 2.43 bits per heavy atom. The molecule has 0 rings (SSSR count). The number of rotatable bonds is 3. The molecule has 0 saturated heterocycles. The number of aliphatic hydroxyl groups excluding tert-OH is 1. The summed E-state index contributed by atoms with van der Waals surface area (Å²) in [4.78, 5) is 9.34. The Morgan fingerprint density at radius 1 is 1.71 bits per heavy atom. The maximum absolute atomic E-state index is 9.34. The third kappa shape index (κ3) is 10.8. The first-order chi connectivity index (χ1) is 2.91. The highest BCUT2D eigenvalue weighted by atomic mass is 16.3. The van der Waals surface area contributed by atoms with Crippen molar-refractivity contribution in [2.75, 3.05) is 13.2 Å². The maximum Gasteiger partial charge on any atom is 0.207 e. The van der Waals surface area contributed by atoms with Crippen LogP contribution < -0.4 is 5.32 Å². The molecule has 44 valence electrons. The van der Waals surface area contributed by atoms with Crippen LogP contribution >= 0.6 is 0 Å². The van der Waals surface area contributed by atoms with E-state index in [4.69, 9.17) is 5.11 Å². The standard InChI is InChI=1S/C3H7NO2.H2O/c5-2-1-4-3-6;/h3,5H,1-2H2,(H,4,6);1H2. The first-order valence-corrected chi connectivity index (χ1v) is 1.69. The molecule has 0 saturated carbocycles. The fourth-order valence-corrected chi connectivity index (χ4v) is 0.123. The second-order valence-corrected chi connectivity index (χ2v) is 0.796. The lowest BCUT2D eigenvalue weighted by molar-refractivity contribution is -0.109. The number of nitrogens with one attached hydrogen (secondary N) is 1. The van der Waals surface area contributed by atoms with Crippen LogP contribution in [0.15, 0.2) is 0 Å². The topological polar surface area (TPSA) is 80.8 Å². The van der Waals surface area contributed by atoms with Crippen LogP contribution in [-0.4, -0.2) is 30.1 Å². The Labute approximate surface area is 41.5 Å². The van der Waals surface area contributed by atoms with Crippen molar-refractivity contribution in [1.82, 2.24) is 5.32 Å². The molecule has 0 bridgehead atoms. The molecule has 0 aromatic rings. The van der Waals surface area contributed by atoms with E-state index in [9.17, 15) is 4.79 Å². The third-order valence-corrected chi connectivity index (χ3v) is 0.339. The molecule has 4 N–H and O–H groups in total. The third-order valence-electron chi connectivity index (χ3n) is 0.339. The van der Waals surface area contributed by atoms with Crippen LogP contribution in [0.1, 0.15) is 0 Å². The quantitative estimate of drug-likeness (QED) is 0.320. The molecule has 0 radical (unpaired) electrons. The molecule has 4 nitrogen and oxygen atoms in total. The summed E-state index contributed by atoms with van der Waals surface area (Å²) in [6.07, 6.45) is 0.552. The van der Waals surface area contributed by atoms with Crippen LogP contribution in [-0.2, 0) is 4.79 Å². The van der Waals surface area contributed by atoms with Gasteiger partial charge in [0.2, 0.25) is 6.41 Å². The van der Waals surface area contributed by atoms with Gasteiger partial charge in [0, 0.05) is 6.54 Å². The Bertz CT molecular complexity index is 39.2. The Kier molecular flexibility index (Phi) is 12.4. The number of aliphatic hydroxyl groups is 1. The minimum absolute atomic E-state index is 0. The Hall–Kier alpha value is -0.610. The zero-order valence-electron chi connectivity index (χ0n) is 3.85. The van der Waals surface area contributed by atoms with Gasteiger partial charge in [0.1, 0.15) is 0 Å². The van der Waals surface area contributed by atoms with E-state index in [2.05, 4.69) is 5.32 Å². The molecule has 0 aliphatic carbocycles. The van der Waals surface area contributed by atoms with Gasteiger partial charge in [-0.25, -0.2) is 0 Å². The van der Waals surface area contributed by atoms with E-state index in [-0.39, 0.29) is 12.1 Å². The monoisotopic (exact) mass is 107 g/mol. The van der Waals surface area contributed by atoms with E-state index in [1.807, 2.05) is 0 Å². The van der Waals surface area contributed by atoms with E-state index in [0.29, 0.717) is 13.0 Å². The van der Waals surface area contributed by atoms with E-state index < -0.39 is 0 Å². The van der Waals surface area contributed by atoms with Crippen LogP contribution in [0.5, 0.6) is 0 Å². The summed E-state index contributed by atoms with van der Waals surface area (Å²) in [6.45, 7) is 0.363. The summed E-state index contributed by atoms with van der Waals surface area (Å²) in [6, 6.07) is 0. The van der Waals surface area contributed by atoms with Crippen molar-refractivity contribution in [2.24, 2.45) is 0 Å². The highest BCUT2D eigenvalue weighted by molar-refractivity contribution is 5.45. The molecular weight excluding hydrogens is 98.0 g/mol. The molecule has 0 unspecified atom stereocenters. The van der Waals surface area contributed by atoms with E-state index in [0.717, 1.165) is 0 Å². The molecule has 0 aliphatic rings. The van der Waals surface area contributed by atoms with Crippen molar-refractivity contribution in [3.05, 3.63) is 0 Å². The lowest BCUT2D eigenvalue weighted by Gasteiger charge is -1.85. The largest absolute Gasteiger partial charge is 0.412 e. The van der Waals surface area contributed by atoms with Gasteiger partial charge in [-0.05, 0) is 0 Å². The first kappa shape index (κ1) is 9.63. The number of carbonyl (C=O) groups excluding carboxylic acids is 1. The van der Waals surface area contributed by atoms with Crippen molar-refractivity contribution < 1.29 is 15.4 Å². The van der Waals surface area contributed by atoms with Gasteiger partial charge in [-0.1, -0.05) is 0 Å². The average Bonchev–Trinajstić information content (AvgIpc) is 1.61. The highest BCUT2D eigenvalue weighted by Crippen LogP contribution is 1.44. The minimum atomic E-state index is 0. The van der Waals surface area contributed by atoms with Crippen molar-refractivity contribution >= 4 is 6.41 Å². The summed E-state index contributed by atoms with van der Waals surface area (Å²) < 4.78 is 0.